The molecule has 32 heavy (non-hydrogen) atoms. The molecule has 5 nitrogen and oxygen atoms in total. The minimum Gasteiger partial charge on any atom is -0.300 e. The average Bonchev–Trinajstić information content (AvgIpc) is 3.20. The summed E-state index contributed by atoms with van der Waals surface area (Å²) in [5.41, 5.74) is 1.94. The number of carbonyl (C=O) groups excluding carboxylic acids is 1. The van der Waals surface area contributed by atoms with E-state index in [1.54, 1.807) is 0 Å². The minimum atomic E-state index is 0.0993. The van der Waals surface area contributed by atoms with Crippen molar-refractivity contribution >= 4 is 28.3 Å². The van der Waals surface area contributed by atoms with Gasteiger partial charge in [0, 0.05) is 5.56 Å². The standard InChI is InChI=1S/C26H28N4OS/c1-4-23(29(2)3)25-27-28-26(30(25)17-19-11-6-5-7-12-19)32-18-24(31)22-16-10-14-20-13-8-9-15-21(20)22/h5-16,23H,4,17-18H2,1-3H3/t23-/m1/s1. The van der Waals surface area contributed by atoms with Gasteiger partial charge in [-0.3, -0.25) is 9.69 Å². The second-order valence-corrected chi connectivity index (χ2v) is 8.98. The molecule has 0 aliphatic rings. The molecule has 1 aromatic heterocycles. The number of rotatable bonds is 9. The van der Waals surface area contributed by atoms with Gasteiger partial charge in [-0.05, 0) is 36.9 Å². The van der Waals surface area contributed by atoms with Crippen molar-refractivity contribution in [3.05, 3.63) is 89.7 Å². The highest BCUT2D eigenvalue weighted by molar-refractivity contribution is 7.99. The Hall–Kier alpha value is -2.96. The summed E-state index contributed by atoms with van der Waals surface area (Å²) < 4.78 is 2.16. The van der Waals surface area contributed by atoms with Crippen molar-refractivity contribution in [2.75, 3.05) is 19.8 Å². The third-order valence-corrected chi connectivity index (χ3v) is 6.63. The largest absolute Gasteiger partial charge is 0.300 e. The fourth-order valence-electron chi connectivity index (χ4n) is 4.02. The lowest BCUT2D eigenvalue weighted by atomic mass is 10.0. The zero-order valence-corrected chi connectivity index (χ0v) is 19.5. The monoisotopic (exact) mass is 444 g/mol. The second-order valence-electron chi connectivity index (χ2n) is 8.04. The number of carbonyl (C=O) groups is 1. The summed E-state index contributed by atoms with van der Waals surface area (Å²) in [5, 5.41) is 11.9. The Labute approximate surface area is 193 Å². The van der Waals surface area contributed by atoms with E-state index in [4.69, 9.17) is 0 Å². The molecular formula is C26H28N4OS. The smallest absolute Gasteiger partial charge is 0.192 e. The highest BCUT2D eigenvalue weighted by Crippen LogP contribution is 2.27. The van der Waals surface area contributed by atoms with E-state index in [1.807, 2.05) is 60.7 Å². The van der Waals surface area contributed by atoms with Crippen molar-refractivity contribution in [2.45, 2.75) is 31.1 Å². The summed E-state index contributed by atoms with van der Waals surface area (Å²) >= 11 is 1.46. The zero-order valence-electron chi connectivity index (χ0n) is 18.7. The Kier molecular flexibility index (Phi) is 7.02. The minimum absolute atomic E-state index is 0.0993. The first kappa shape index (κ1) is 22.2. The summed E-state index contributed by atoms with van der Waals surface area (Å²) in [4.78, 5) is 15.3. The molecule has 1 heterocycles. The van der Waals surface area contributed by atoms with Gasteiger partial charge >= 0.3 is 0 Å². The maximum absolute atomic E-state index is 13.1. The van der Waals surface area contributed by atoms with Crippen LogP contribution in [0.15, 0.2) is 78.0 Å². The van der Waals surface area contributed by atoms with Crippen LogP contribution in [-0.2, 0) is 6.54 Å². The average molecular weight is 445 g/mol. The zero-order chi connectivity index (χ0) is 22.5. The van der Waals surface area contributed by atoms with Crippen LogP contribution < -0.4 is 0 Å². The van der Waals surface area contributed by atoms with Crippen LogP contribution in [-0.4, -0.2) is 45.3 Å². The van der Waals surface area contributed by atoms with Crippen molar-refractivity contribution in [1.29, 1.82) is 0 Å². The highest BCUT2D eigenvalue weighted by atomic mass is 32.2. The molecule has 0 fully saturated rings. The van der Waals surface area contributed by atoms with Crippen LogP contribution in [0.4, 0.5) is 0 Å². The van der Waals surface area contributed by atoms with E-state index in [1.165, 1.54) is 17.3 Å². The van der Waals surface area contributed by atoms with Gasteiger partial charge in [-0.1, -0.05) is 91.5 Å². The van der Waals surface area contributed by atoms with Crippen molar-refractivity contribution < 1.29 is 4.79 Å². The van der Waals surface area contributed by atoms with Crippen LogP contribution in [0.25, 0.3) is 10.8 Å². The first-order valence-electron chi connectivity index (χ1n) is 10.9. The number of fused-ring (bicyclic) bond motifs is 1. The van der Waals surface area contributed by atoms with Gasteiger partial charge in [0.05, 0.1) is 18.3 Å². The van der Waals surface area contributed by atoms with E-state index < -0.39 is 0 Å². The highest BCUT2D eigenvalue weighted by Gasteiger charge is 2.23. The van der Waals surface area contributed by atoms with Crippen LogP contribution in [0.2, 0.25) is 0 Å². The maximum atomic E-state index is 13.1. The van der Waals surface area contributed by atoms with Gasteiger partial charge in [0.15, 0.2) is 16.8 Å². The van der Waals surface area contributed by atoms with Crippen LogP contribution in [0.3, 0.4) is 0 Å². The molecule has 0 radical (unpaired) electrons. The van der Waals surface area contributed by atoms with Gasteiger partial charge in [0.25, 0.3) is 0 Å². The third kappa shape index (κ3) is 4.76. The number of benzene rings is 3. The van der Waals surface area contributed by atoms with Crippen molar-refractivity contribution in [2.24, 2.45) is 0 Å². The second kappa shape index (κ2) is 10.1. The predicted molar refractivity (Wildman–Crippen MR) is 131 cm³/mol. The lowest BCUT2D eigenvalue weighted by Crippen LogP contribution is -2.23. The quantitative estimate of drug-likeness (QED) is 0.253. The van der Waals surface area contributed by atoms with Crippen molar-refractivity contribution in [1.82, 2.24) is 19.7 Å². The lowest BCUT2D eigenvalue weighted by Gasteiger charge is -2.23. The topological polar surface area (TPSA) is 51.0 Å². The summed E-state index contributed by atoms with van der Waals surface area (Å²) in [7, 11) is 4.12. The molecule has 0 saturated heterocycles. The molecule has 4 aromatic rings. The predicted octanol–water partition coefficient (Wildman–Crippen LogP) is 5.47. The number of thioether (sulfide) groups is 1. The summed E-state index contributed by atoms with van der Waals surface area (Å²) in [5.74, 6) is 1.35. The normalized spacial score (nSPS) is 12.4. The summed E-state index contributed by atoms with van der Waals surface area (Å²) in [6.45, 7) is 2.83. The fourth-order valence-corrected chi connectivity index (χ4v) is 4.85. The van der Waals surface area contributed by atoms with E-state index in [9.17, 15) is 4.79 Å². The van der Waals surface area contributed by atoms with Gasteiger partial charge in [0.2, 0.25) is 0 Å². The van der Waals surface area contributed by atoms with E-state index in [2.05, 4.69) is 52.8 Å². The fraction of sp³-hybridized carbons (Fsp3) is 0.269. The first-order valence-corrected chi connectivity index (χ1v) is 11.8. The Balaban J connectivity index is 1.61. The number of hydrogen-bond acceptors (Lipinski definition) is 5. The molecule has 0 bridgehead atoms. The van der Waals surface area contributed by atoms with Gasteiger partial charge in [0.1, 0.15) is 0 Å². The van der Waals surface area contributed by atoms with Gasteiger partial charge in [-0.25, -0.2) is 0 Å². The molecule has 1 atom stereocenters. The van der Waals surface area contributed by atoms with Crippen LogP contribution in [0.5, 0.6) is 0 Å². The molecule has 0 aliphatic heterocycles. The van der Waals surface area contributed by atoms with Gasteiger partial charge < -0.3 is 4.57 Å². The Bertz CT molecular complexity index is 1200. The molecule has 4 rings (SSSR count). The lowest BCUT2D eigenvalue weighted by molar-refractivity contribution is 0.102. The molecule has 0 aliphatic carbocycles. The molecule has 6 heteroatoms. The van der Waals surface area contributed by atoms with Crippen LogP contribution >= 0.6 is 11.8 Å². The molecular weight excluding hydrogens is 416 g/mol. The molecule has 0 unspecified atom stereocenters. The number of aromatic nitrogens is 3. The Morgan fingerprint density at radius 1 is 0.969 bits per heavy atom. The van der Waals surface area contributed by atoms with E-state index >= 15 is 0 Å². The van der Waals surface area contributed by atoms with Crippen LogP contribution in [0.1, 0.15) is 41.1 Å². The SMILES string of the molecule is CC[C@H](c1nnc(SCC(=O)c2cccc3ccccc23)n1Cc1ccccc1)N(C)C. The van der Waals surface area contributed by atoms with Gasteiger partial charge in [-0.15, -0.1) is 10.2 Å². The maximum Gasteiger partial charge on any atom is 0.192 e. The third-order valence-electron chi connectivity index (χ3n) is 5.66. The van der Waals surface area contributed by atoms with Crippen molar-refractivity contribution in [3.63, 3.8) is 0 Å². The number of ketones is 1. The Morgan fingerprint density at radius 2 is 1.69 bits per heavy atom. The molecule has 0 N–H and O–H groups in total. The van der Waals surface area contributed by atoms with E-state index in [0.29, 0.717) is 12.3 Å². The molecule has 3 aromatic carbocycles. The van der Waals surface area contributed by atoms with E-state index in [0.717, 1.165) is 33.7 Å². The van der Waals surface area contributed by atoms with Crippen molar-refractivity contribution in [3.8, 4) is 0 Å². The van der Waals surface area contributed by atoms with Gasteiger partial charge in [-0.2, -0.15) is 0 Å². The summed E-state index contributed by atoms with van der Waals surface area (Å²) in [6.07, 6.45) is 0.930. The number of nitrogens with zero attached hydrogens (tertiary/aromatic N) is 4. The van der Waals surface area contributed by atoms with Crippen LogP contribution in [0, 0.1) is 0 Å². The van der Waals surface area contributed by atoms with E-state index in [-0.39, 0.29) is 11.8 Å². The first-order chi connectivity index (χ1) is 15.6. The summed E-state index contributed by atoms with van der Waals surface area (Å²) in [6, 6.07) is 24.4. The molecule has 0 spiro atoms. The Morgan fingerprint density at radius 3 is 2.44 bits per heavy atom. The molecule has 0 saturated carbocycles. The number of Topliss-reactive ketones (excluding diaryl/α,β-unsaturated/α-hetero) is 1. The molecule has 164 valence electrons. The number of hydrogen-bond donors (Lipinski definition) is 0. The molecule has 0 amide bonds.